The average Bonchev–Trinajstić information content (AvgIpc) is 3.18. The van der Waals surface area contributed by atoms with E-state index < -0.39 is 0 Å². The molecule has 1 aliphatic carbocycles. The van der Waals surface area contributed by atoms with E-state index >= 15 is 0 Å². The first-order valence-corrected chi connectivity index (χ1v) is 11.1. The van der Waals surface area contributed by atoms with E-state index in [-0.39, 0.29) is 17.4 Å². The number of hydrogen-bond donors (Lipinski definition) is 0. The van der Waals surface area contributed by atoms with Gasteiger partial charge in [0.15, 0.2) is 5.69 Å². The molecule has 3 aliphatic heterocycles. The van der Waals surface area contributed by atoms with Gasteiger partial charge in [-0.05, 0) is 62.4 Å². The molecular formula is C19H27N5O2S. The topological polar surface area (TPSA) is 69.6 Å². The molecule has 4 aliphatic rings. The number of nitrogens with zero attached hydrogens (tertiary/aromatic N) is 5. The van der Waals surface area contributed by atoms with Crippen molar-refractivity contribution in [2.75, 3.05) is 39.3 Å². The van der Waals surface area contributed by atoms with Gasteiger partial charge in [0.25, 0.3) is 5.91 Å². The molecule has 1 aromatic rings. The molecule has 4 heterocycles. The molecule has 1 spiro atoms. The van der Waals surface area contributed by atoms with Crippen LogP contribution in [0.2, 0.25) is 0 Å². The molecule has 7 nitrogen and oxygen atoms in total. The summed E-state index contributed by atoms with van der Waals surface area (Å²) in [6.07, 6.45) is 7.72. The van der Waals surface area contributed by atoms with E-state index in [9.17, 15) is 9.59 Å². The summed E-state index contributed by atoms with van der Waals surface area (Å²) in [6.45, 7) is 4.80. The lowest BCUT2D eigenvalue weighted by Gasteiger charge is -2.57. The van der Waals surface area contributed by atoms with Crippen LogP contribution in [-0.2, 0) is 4.79 Å². The van der Waals surface area contributed by atoms with E-state index in [2.05, 4.69) is 14.5 Å². The number of likely N-dealkylation sites (tertiary alicyclic amines) is 3. The Hall–Kier alpha value is -1.54. The molecule has 0 unspecified atom stereocenters. The van der Waals surface area contributed by atoms with Gasteiger partial charge in [-0.1, -0.05) is 4.49 Å². The molecule has 8 heteroatoms. The Morgan fingerprint density at radius 1 is 1.04 bits per heavy atom. The lowest BCUT2D eigenvalue weighted by atomic mass is 9.77. The highest BCUT2D eigenvalue weighted by molar-refractivity contribution is 7.06. The van der Waals surface area contributed by atoms with Crippen molar-refractivity contribution >= 4 is 23.3 Å². The fourth-order valence-corrected chi connectivity index (χ4v) is 5.73. The Balaban J connectivity index is 1.26. The third kappa shape index (κ3) is 3.16. The fourth-order valence-electron chi connectivity index (χ4n) is 4.92. The molecule has 0 N–H and O–H groups in total. The van der Waals surface area contributed by atoms with Gasteiger partial charge in [0.05, 0.1) is 11.4 Å². The molecule has 4 fully saturated rings. The molecule has 3 saturated heterocycles. The van der Waals surface area contributed by atoms with Gasteiger partial charge in [0.1, 0.15) is 0 Å². The Morgan fingerprint density at radius 3 is 2.52 bits per heavy atom. The molecule has 0 bridgehead atoms. The van der Waals surface area contributed by atoms with Crippen LogP contribution in [0.25, 0.3) is 0 Å². The summed E-state index contributed by atoms with van der Waals surface area (Å²) < 4.78 is 4.05. The molecule has 1 atom stereocenters. The van der Waals surface area contributed by atoms with Gasteiger partial charge in [0, 0.05) is 38.3 Å². The van der Waals surface area contributed by atoms with Gasteiger partial charge in [0.2, 0.25) is 5.91 Å². The maximum Gasteiger partial charge on any atom is 0.275 e. The number of rotatable bonds is 4. The second kappa shape index (κ2) is 6.81. The molecule has 1 aromatic heterocycles. The minimum absolute atomic E-state index is 0.00745. The molecular weight excluding hydrogens is 362 g/mol. The smallest absolute Gasteiger partial charge is 0.275 e. The van der Waals surface area contributed by atoms with E-state index in [0.29, 0.717) is 18.2 Å². The first kappa shape index (κ1) is 17.6. The zero-order chi connectivity index (χ0) is 18.4. The van der Waals surface area contributed by atoms with Gasteiger partial charge in [-0.3, -0.25) is 14.5 Å². The van der Waals surface area contributed by atoms with E-state index in [1.165, 1.54) is 11.5 Å². The van der Waals surface area contributed by atoms with Crippen LogP contribution < -0.4 is 0 Å². The summed E-state index contributed by atoms with van der Waals surface area (Å²) in [5.74, 6) is 0.804. The van der Waals surface area contributed by atoms with E-state index in [1.54, 1.807) is 0 Å². The van der Waals surface area contributed by atoms with Crippen molar-refractivity contribution in [1.29, 1.82) is 0 Å². The lowest BCUT2D eigenvalue weighted by Crippen LogP contribution is -2.68. The molecule has 5 rings (SSSR count). The van der Waals surface area contributed by atoms with Gasteiger partial charge < -0.3 is 9.80 Å². The molecule has 0 aromatic carbocycles. The van der Waals surface area contributed by atoms with Gasteiger partial charge in [-0.25, -0.2) is 0 Å². The van der Waals surface area contributed by atoms with E-state index in [4.69, 9.17) is 0 Å². The maximum atomic E-state index is 13.1. The highest BCUT2D eigenvalue weighted by Crippen LogP contribution is 2.44. The van der Waals surface area contributed by atoms with Crippen molar-refractivity contribution in [3.63, 3.8) is 0 Å². The summed E-state index contributed by atoms with van der Waals surface area (Å²) in [5, 5.41) is 4.17. The Kier molecular flexibility index (Phi) is 4.43. The normalized spacial score (nSPS) is 28.6. The minimum Gasteiger partial charge on any atom is -0.342 e. The average molecular weight is 390 g/mol. The third-order valence-corrected chi connectivity index (χ3v) is 7.70. The predicted octanol–water partition coefficient (Wildman–Crippen LogP) is 1.72. The van der Waals surface area contributed by atoms with Crippen molar-refractivity contribution in [3.8, 4) is 0 Å². The zero-order valence-corrected chi connectivity index (χ0v) is 16.5. The largest absolute Gasteiger partial charge is 0.342 e. The maximum absolute atomic E-state index is 13.1. The molecule has 0 radical (unpaired) electrons. The standard InChI is InChI=1S/C19H27N5O2S/c25-15(22-8-1-2-9-22)12-24-11-7-19(24)6-3-10-23(13-19)18(26)16-17(14-4-5-14)27-21-20-16/h14H,1-13H2/t19-/m1/s1. The van der Waals surface area contributed by atoms with E-state index in [0.717, 1.165) is 82.5 Å². The van der Waals surface area contributed by atoms with Gasteiger partial charge >= 0.3 is 0 Å². The number of hydrogen-bond acceptors (Lipinski definition) is 6. The molecule has 2 amide bonds. The molecule has 27 heavy (non-hydrogen) atoms. The van der Waals surface area contributed by atoms with Crippen LogP contribution >= 0.6 is 11.5 Å². The molecule has 1 saturated carbocycles. The van der Waals surface area contributed by atoms with Crippen LogP contribution in [0.15, 0.2) is 0 Å². The van der Waals surface area contributed by atoms with Crippen molar-refractivity contribution in [2.45, 2.75) is 56.4 Å². The number of piperidine rings is 1. The summed E-state index contributed by atoms with van der Waals surface area (Å²) in [5.41, 5.74) is 0.575. The SMILES string of the molecule is O=C(CN1CC[C@@]12CCCN(C(=O)c1nnsc1C1CC1)C2)N1CCCC1. The van der Waals surface area contributed by atoms with Crippen LogP contribution in [0.5, 0.6) is 0 Å². The number of carbonyl (C=O) groups is 2. The van der Waals surface area contributed by atoms with E-state index in [1.807, 2.05) is 9.80 Å². The summed E-state index contributed by atoms with van der Waals surface area (Å²) in [4.78, 5) is 33.1. The summed E-state index contributed by atoms with van der Waals surface area (Å²) in [7, 11) is 0. The van der Waals surface area contributed by atoms with Crippen molar-refractivity contribution < 1.29 is 9.59 Å². The van der Waals surface area contributed by atoms with Crippen LogP contribution in [0.3, 0.4) is 0 Å². The second-order valence-electron chi connectivity index (χ2n) is 8.57. The monoisotopic (exact) mass is 389 g/mol. The second-order valence-corrected chi connectivity index (χ2v) is 9.36. The van der Waals surface area contributed by atoms with Crippen molar-refractivity contribution in [2.24, 2.45) is 0 Å². The highest BCUT2D eigenvalue weighted by Gasteiger charge is 2.49. The zero-order valence-electron chi connectivity index (χ0n) is 15.7. The Morgan fingerprint density at radius 2 is 1.81 bits per heavy atom. The van der Waals surface area contributed by atoms with Gasteiger partial charge in [-0.2, -0.15) is 0 Å². The number of aromatic nitrogens is 2. The predicted molar refractivity (Wildman–Crippen MR) is 102 cm³/mol. The lowest BCUT2D eigenvalue weighted by molar-refractivity contribution is -0.138. The van der Waals surface area contributed by atoms with Crippen LogP contribution in [0, 0.1) is 0 Å². The Bertz CT molecular complexity index is 742. The van der Waals surface area contributed by atoms with Crippen molar-refractivity contribution in [1.82, 2.24) is 24.3 Å². The fraction of sp³-hybridized carbons (Fsp3) is 0.789. The Labute approximate surface area is 163 Å². The number of carbonyl (C=O) groups excluding carboxylic acids is 2. The first-order chi connectivity index (χ1) is 13.2. The molecule has 146 valence electrons. The third-order valence-electron chi connectivity index (χ3n) is 6.81. The summed E-state index contributed by atoms with van der Waals surface area (Å²) in [6, 6.07) is 0. The first-order valence-electron chi connectivity index (χ1n) is 10.3. The number of amides is 2. The van der Waals surface area contributed by atoms with Crippen LogP contribution in [0.1, 0.15) is 66.2 Å². The highest BCUT2D eigenvalue weighted by atomic mass is 32.1. The quantitative estimate of drug-likeness (QED) is 0.784. The summed E-state index contributed by atoms with van der Waals surface area (Å²) >= 11 is 1.39. The van der Waals surface area contributed by atoms with Crippen LogP contribution in [0.4, 0.5) is 0 Å². The van der Waals surface area contributed by atoms with Crippen LogP contribution in [-0.4, -0.2) is 80.9 Å². The minimum atomic E-state index is -0.00745. The van der Waals surface area contributed by atoms with Crippen molar-refractivity contribution in [3.05, 3.63) is 10.6 Å². The van der Waals surface area contributed by atoms with Gasteiger partial charge in [-0.15, -0.1) is 5.10 Å².